The summed E-state index contributed by atoms with van der Waals surface area (Å²) in [6.45, 7) is 9.16. The van der Waals surface area contributed by atoms with Crippen LogP contribution in [0.1, 0.15) is 56.4 Å². The van der Waals surface area contributed by atoms with Crippen LogP contribution < -0.4 is 0 Å². The molecular weight excluding hydrogens is 554 g/mol. The number of rotatable bonds is 7. The maximum absolute atomic E-state index is 6.58. The molecule has 3 aromatic heterocycles. The zero-order valence-electron chi connectivity index (χ0n) is 27.5. The van der Waals surface area contributed by atoms with Crippen LogP contribution in [0, 0.1) is 0 Å². The SMILES string of the molecule is BC(B)(c1ccc2c(n1)oc1c(-c3cc(-c4c(C(C)C)cc(-c5ccccc5)cc4C(C)C)ccn3)cccc12)S(C)(C)C. The first-order valence-corrected chi connectivity index (χ1v) is 18.4. The van der Waals surface area contributed by atoms with Gasteiger partial charge in [0.05, 0.1) is 5.69 Å². The van der Waals surface area contributed by atoms with E-state index in [0.717, 1.165) is 33.3 Å². The molecule has 44 heavy (non-hydrogen) atoms. The van der Waals surface area contributed by atoms with Crippen molar-refractivity contribution in [3.8, 4) is 33.5 Å². The van der Waals surface area contributed by atoms with Crippen molar-refractivity contribution in [1.82, 2.24) is 9.97 Å². The molecule has 0 fully saturated rings. The van der Waals surface area contributed by atoms with Gasteiger partial charge in [-0.15, -0.1) is 0 Å². The number of fused-ring (bicyclic) bond motifs is 3. The van der Waals surface area contributed by atoms with E-state index in [1.54, 1.807) is 0 Å². The van der Waals surface area contributed by atoms with Gasteiger partial charge in [-0.3, -0.25) is 15.0 Å². The Balaban J connectivity index is 1.51. The average Bonchev–Trinajstić information content (AvgIpc) is 3.38. The van der Waals surface area contributed by atoms with Gasteiger partial charge in [0.1, 0.15) is 21.3 Å². The Hall–Kier alpha value is -3.76. The van der Waals surface area contributed by atoms with Crippen molar-refractivity contribution in [3.05, 3.63) is 108 Å². The molecule has 0 atom stereocenters. The summed E-state index contributed by atoms with van der Waals surface area (Å²) in [6, 6.07) is 30.6. The quantitative estimate of drug-likeness (QED) is 0.173. The van der Waals surface area contributed by atoms with E-state index in [1.807, 2.05) is 6.20 Å². The number of hydrogen-bond donors (Lipinski definition) is 0. The Labute approximate surface area is 265 Å². The van der Waals surface area contributed by atoms with E-state index in [-0.39, 0.29) is 4.55 Å². The van der Waals surface area contributed by atoms with Crippen molar-refractivity contribution >= 4 is 47.8 Å². The number of hydrogen-bond acceptors (Lipinski definition) is 3. The summed E-state index contributed by atoms with van der Waals surface area (Å²) in [4.78, 5) is 9.96. The zero-order chi connectivity index (χ0) is 31.4. The number of nitrogens with zero attached hydrogens (tertiary/aromatic N) is 2. The van der Waals surface area contributed by atoms with Crippen LogP contribution >= 0.6 is 10.0 Å². The molecule has 3 aromatic carbocycles. The van der Waals surface area contributed by atoms with Crippen molar-refractivity contribution in [2.24, 2.45) is 0 Å². The van der Waals surface area contributed by atoms with Crippen molar-refractivity contribution in [1.29, 1.82) is 0 Å². The Morgan fingerprint density at radius 2 is 1.39 bits per heavy atom. The Kier molecular flexibility index (Phi) is 7.78. The van der Waals surface area contributed by atoms with Gasteiger partial charge in [-0.05, 0) is 98.9 Å². The molecule has 0 unspecified atom stereocenters. The minimum absolute atomic E-state index is 0.0306. The summed E-state index contributed by atoms with van der Waals surface area (Å²) in [6.07, 6.45) is 8.98. The van der Waals surface area contributed by atoms with Crippen molar-refractivity contribution in [3.63, 3.8) is 0 Å². The fourth-order valence-corrected chi connectivity index (χ4v) is 6.73. The largest absolute Gasteiger partial charge is 0.437 e. The van der Waals surface area contributed by atoms with Crippen LogP contribution in [0.4, 0.5) is 0 Å². The third-order valence-electron chi connectivity index (χ3n) is 9.39. The second-order valence-electron chi connectivity index (χ2n) is 13.8. The van der Waals surface area contributed by atoms with Crippen molar-refractivity contribution in [2.75, 3.05) is 18.8 Å². The second-order valence-corrected chi connectivity index (χ2v) is 18.5. The molecule has 0 amide bonds. The molecule has 0 radical (unpaired) electrons. The topological polar surface area (TPSA) is 38.9 Å². The fourth-order valence-electron chi connectivity index (χ4n) is 5.99. The van der Waals surface area contributed by atoms with E-state index in [2.05, 4.69) is 147 Å². The molecule has 6 heteroatoms. The number of furan rings is 1. The van der Waals surface area contributed by atoms with Crippen LogP contribution in [0.2, 0.25) is 0 Å². The highest BCUT2D eigenvalue weighted by molar-refractivity contribution is 8.34. The maximum Gasteiger partial charge on any atom is 0.227 e. The Morgan fingerprint density at radius 1 is 0.705 bits per heavy atom. The smallest absolute Gasteiger partial charge is 0.227 e. The lowest BCUT2D eigenvalue weighted by Crippen LogP contribution is -2.33. The second kappa shape index (κ2) is 11.3. The van der Waals surface area contributed by atoms with Crippen LogP contribution in [-0.4, -0.2) is 44.4 Å². The molecule has 3 heterocycles. The minimum Gasteiger partial charge on any atom is -0.437 e. The summed E-state index contributed by atoms with van der Waals surface area (Å²) in [7, 11) is 3.70. The highest BCUT2D eigenvalue weighted by atomic mass is 32.3. The fraction of sp³-hybridized carbons (Fsp3) is 0.263. The van der Waals surface area contributed by atoms with Gasteiger partial charge in [0.25, 0.3) is 0 Å². The van der Waals surface area contributed by atoms with Crippen LogP contribution in [0.3, 0.4) is 0 Å². The number of aromatic nitrogens is 2. The summed E-state index contributed by atoms with van der Waals surface area (Å²) in [5.74, 6) is 0.724. The molecule has 6 rings (SSSR count). The minimum atomic E-state index is -0.889. The lowest BCUT2D eigenvalue weighted by Gasteiger charge is -2.43. The summed E-state index contributed by atoms with van der Waals surface area (Å²) in [5.41, 5.74) is 12.2. The van der Waals surface area contributed by atoms with E-state index >= 15 is 0 Å². The van der Waals surface area contributed by atoms with Crippen LogP contribution in [-0.2, 0) is 4.55 Å². The summed E-state index contributed by atoms with van der Waals surface area (Å²) >= 11 is 0. The molecule has 0 spiro atoms. The first kappa shape index (κ1) is 30.3. The van der Waals surface area contributed by atoms with Crippen molar-refractivity contribution < 1.29 is 4.42 Å². The normalized spacial score (nSPS) is 12.9. The Morgan fingerprint density at radius 3 is 2.02 bits per heavy atom. The highest BCUT2D eigenvalue weighted by Crippen LogP contribution is 2.52. The van der Waals surface area contributed by atoms with Crippen molar-refractivity contribution in [2.45, 2.75) is 44.1 Å². The van der Waals surface area contributed by atoms with Crippen LogP contribution in [0.25, 0.3) is 55.6 Å². The van der Waals surface area contributed by atoms with Gasteiger partial charge in [-0.1, -0.05) is 82.3 Å². The number of benzene rings is 3. The predicted octanol–water partition coefficient (Wildman–Crippen LogP) is 8.69. The maximum atomic E-state index is 6.58. The average molecular weight is 596 g/mol. The van der Waals surface area contributed by atoms with E-state index in [4.69, 9.17) is 14.4 Å². The third-order valence-corrected chi connectivity index (χ3v) is 12.7. The van der Waals surface area contributed by atoms with Gasteiger partial charge in [-0.2, -0.15) is 0 Å². The number of para-hydroxylation sites is 1. The van der Waals surface area contributed by atoms with E-state index in [1.165, 1.54) is 33.4 Å². The number of pyridine rings is 2. The van der Waals surface area contributed by atoms with Gasteiger partial charge < -0.3 is 4.42 Å². The van der Waals surface area contributed by atoms with Gasteiger partial charge in [0.15, 0.2) is 0 Å². The van der Waals surface area contributed by atoms with Gasteiger partial charge in [-0.25, -0.2) is 4.98 Å². The van der Waals surface area contributed by atoms with Crippen LogP contribution in [0.5, 0.6) is 0 Å². The highest BCUT2D eigenvalue weighted by Gasteiger charge is 2.32. The molecule has 0 bridgehead atoms. The van der Waals surface area contributed by atoms with E-state index in [0.29, 0.717) is 17.5 Å². The first-order valence-electron chi connectivity index (χ1n) is 15.6. The third kappa shape index (κ3) is 5.28. The van der Waals surface area contributed by atoms with E-state index < -0.39 is 10.0 Å². The molecule has 0 aliphatic carbocycles. The summed E-state index contributed by atoms with van der Waals surface area (Å²) in [5, 5.41) is 2.12. The van der Waals surface area contributed by atoms with Gasteiger partial charge >= 0.3 is 0 Å². The molecule has 0 saturated carbocycles. The molecule has 3 nitrogen and oxygen atoms in total. The molecule has 0 aliphatic heterocycles. The molecule has 0 saturated heterocycles. The summed E-state index contributed by atoms with van der Waals surface area (Å²) < 4.78 is 6.55. The standard InChI is InChI=1S/C38H42B2N2OS/c1-23(2)31-20-27(25-12-9-8-10-13-25)21-32(24(3)4)35(31)26-18-19-41-33(22-26)30-15-11-14-28-29-16-17-34(38(39,40)44(5,6)7)42-37(29)43-36(28)30/h8-24H,39-40H2,1-7H3. The zero-order valence-corrected chi connectivity index (χ0v) is 28.3. The molecule has 0 aliphatic rings. The lowest BCUT2D eigenvalue weighted by atomic mass is 9.67. The molecule has 0 N–H and O–H groups in total. The van der Waals surface area contributed by atoms with E-state index in [9.17, 15) is 0 Å². The lowest BCUT2D eigenvalue weighted by molar-refractivity contribution is 0.652. The monoisotopic (exact) mass is 596 g/mol. The first-order chi connectivity index (χ1) is 20.9. The van der Waals surface area contributed by atoms with Gasteiger partial charge in [0, 0.05) is 28.2 Å². The molecule has 6 aromatic rings. The molecule has 222 valence electrons. The van der Waals surface area contributed by atoms with Gasteiger partial charge in [0.2, 0.25) is 5.71 Å². The predicted molar refractivity (Wildman–Crippen MR) is 198 cm³/mol. The van der Waals surface area contributed by atoms with Crippen LogP contribution in [0.15, 0.2) is 95.5 Å². The molecular formula is C38H42B2N2OS. The Bertz CT molecular complexity index is 1960.